The zero-order valence-electron chi connectivity index (χ0n) is 9.78. The van der Waals surface area contributed by atoms with E-state index in [-0.39, 0.29) is 0 Å². The van der Waals surface area contributed by atoms with E-state index in [1.165, 1.54) is 19.3 Å². The topological polar surface area (TPSA) is 12.0 Å². The van der Waals surface area contributed by atoms with Gasteiger partial charge in [0.25, 0.3) is 0 Å². The first-order chi connectivity index (χ1) is 5.59. The van der Waals surface area contributed by atoms with E-state index < -0.39 is 0 Å². The molecule has 0 aromatic rings. The largest absolute Gasteiger partial charge is 0.323 e. The fraction of sp³-hybridized carbons (Fsp3) is 1.00. The normalized spacial score (nSPS) is 12.2. The zero-order valence-corrected chi connectivity index (χ0v) is 9.78. The molecule has 0 radical (unpaired) electrons. The second kappa shape index (κ2) is 11.0. The number of hydrogen-bond acceptors (Lipinski definition) is 1. The summed E-state index contributed by atoms with van der Waals surface area (Å²) in [5.41, 5.74) is 0. The van der Waals surface area contributed by atoms with Crippen molar-refractivity contribution in [2.45, 2.75) is 47.0 Å². The molecule has 0 aliphatic carbocycles. The van der Waals surface area contributed by atoms with Crippen LogP contribution in [0.2, 0.25) is 0 Å². The summed E-state index contributed by atoms with van der Waals surface area (Å²) in [4.78, 5) is 0. The Hall–Kier alpha value is -0.0400. The molecule has 0 spiro atoms. The zero-order chi connectivity index (χ0) is 9.98. The molecule has 0 aliphatic heterocycles. The van der Waals surface area contributed by atoms with E-state index in [4.69, 9.17) is 0 Å². The molecule has 0 aromatic carbocycles. The van der Waals surface area contributed by atoms with Crippen molar-refractivity contribution < 1.29 is 0 Å². The monoisotopic (exact) mass is 173 g/mol. The lowest BCUT2D eigenvalue weighted by Gasteiger charge is -2.13. The fourth-order valence-electron chi connectivity index (χ4n) is 0.859. The highest BCUT2D eigenvalue weighted by Crippen LogP contribution is 2.16. The van der Waals surface area contributed by atoms with Gasteiger partial charge in [-0.25, -0.2) is 0 Å². The lowest BCUT2D eigenvalue weighted by atomic mass is 9.93. The Balaban J connectivity index is 0. The Bertz CT molecular complexity index is 69.4. The van der Waals surface area contributed by atoms with Crippen LogP contribution < -0.4 is 5.32 Å². The number of unbranched alkanes of at least 4 members (excludes halogenated alkanes) is 1. The molecule has 76 valence electrons. The van der Waals surface area contributed by atoms with Crippen LogP contribution in [-0.4, -0.2) is 14.1 Å². The molecule has 0 amide bonds. The Kier molecular flexibility index (Phi) is 13.2. The van der Waals surface area contributed by atoms with Crippen LogP contribution in [0.1, 0.15) is 47.0 Å². The van der Waals surface area contributed by atoms with Crippen LogP contribution >= 0.6 is 0 Å². The minimum absolute atomic E-state index is 0.872. The van der Waals surface area contributed by atoms with Crippen LogP contribution in [-0.2, 0) is 0 Å². The smallest absolute Gasteiger partial charge is 0.0167 e. The van der Waals surface area contributed by atoms with Gasteiger partial charge in [0.1, 0.15) is 0 Å². The van der Waals surface area contributed by atoms with E-state index in [0.29, 0.717) is 0 Å². The van der Waals surface area contributed by atoms with Crippen LogP contribution in [0.4, 0.5) is 0 Å². The van der Waals surface area contributed by atoms with E-state index in [1.807, 2.05) is 14.1 Å². The summed E-state index contributed by atoms with van der Waals surface area (Å²) in [7, 11) is 3.75. The molecular weight excluding hydrogens is 146 g/mol. The highest BCUT2D eigenvalue weighted by molar-refractivity contribution is 4.55. The van der Waals surface area contributed by atoms with Gasteiger partial charge in [0.05, 0.1) is 0 Å². The van der Waals surface area contributed by atoms with Crippen molar-refractivity contribution >= 4 is 0 Å². The van der Waals surface area contributed by atoms with Gasteiger partial charge in [-0.15, -0.1) is 0 Å². The Labute approximate surface area is 78.9 Å². The van der Waals surface area contributed by atoms with Gasteiger partial charge in [-0.1, -0.05) is 47.0 Å². The molecule has 1 heteroatoms. The number of rotatable bonds is 4. The summed E-state index contributed by atoms with van der Waals surface area (Å²) in [5.74, 6) is 1.79. The van der Waals surface area contributed by atoms with Gasteiger partial charge < -0.3 is 5.32 Å². The number of nitrogens with one attached hydrogen (secondary N) is 1. The standard InChI is InChI=1S/C9H20.C2H7N/c1-5-6-7-9(4)8(2)3;1-3-2/h8-9H,5-7H2,1-4H3;3H,1-2H3. The molecule has 1 atom stereocenters. The predicted molar refractivity (Wildman–Crippen MR) is 58.5 cm³/mol. The minimum Gasteiger partial charge on any atom is -0.323 e. The average molecular weight is 173 g/mol. The Morgan fingerprint density at radius 1 is 1.08 bits per heavy atom. The maximum atomic E-state index is 2.75. The van der Waals surface area contributed by atoms with E-state index >= 15 is 0 Å². The molecule has 12 heavy (non-hydrogen) atoms. The second-order valence-electron chi connectivity index (χ2n) is 3.86. The van der Waals surface area contributed by atoms with E-state index in [2.05, 4.69) is 33.0 Å². The molecule has 0 aromatic heterocycles. The van der Waals surface area contributed by atoms with Crippen molar-refractivity contribution in [3.63, 3.8) is 0 Å². The van der Waals surface area contributed by atoms with E-state index in [9.17, 15) is 0 Å². The lowest BCUT2D eigenvalue weighted by Crippen LogP contribution is -2.02. The van der Waals surface area contributed by atoms with Crippen molar-refractivity contribution in [1.29, 1.82) is 0 Å². The van der Waals surface area contributed by atoms with Gasteiger partial charge in [-0.05, 0) is 25.9 Å². The third-order valence-electron chi connectivity index (χ3n) is 2.15. The van der Waals surface area contributed by atoms with Crippen LogP contribution in [0, 0.1) is 11.8 Å². The molecule has 0 rings (SSSR count). The molecule has 1 unspecified atom stereocenters. The van der Waals surface area contributed by atoms with Crippen LogP contribution in [0.15, 0.2) is 0 Å². The third kappa shape index (κ3) is 12.6. The predicted octanol–water partition coefficient (Wildman–Crippen LogP) is 3.30. The molecule has 0 bridgehead atoms. The number of hydrogen-bond donors (Lipinski definition) is 1. The summed E-state index contributed by atoms with van der Waals surface area (Å²) in [5, 5.41) is 2.75. The summed E-state index contributed by atoms with van der Waals surface area (Å²) in [6.07, 6.45) is 4.16. The van der Waals surface area contributed by atoms with E-state index in [1.54, 1.807) is 0 Å². The summed E-state index contributed by atoms with van der Waals surface area (Å²) in [6, 6.07) is 0. The second-order valence-corrected chi connectivity index (χ2v) is 3.86. The summed E-state index contributed by atoms with van der Waals surface area (Å²) in [6.45, 7) is 9.22. The quantitative estimate of drug-likeness (QED) is 0.688. The van der Waals surface area contributed by atoms with Crippen molar-refractivity contribution in [3.05, 3.63) is 0 Å². The molecular formula is C11H27N. The van der Waals surface area contributed by atoms with Gasteiger partial charge in [-0.2, -0.15) is 0 Å². The maximum Gasteiger partial charge on any atom is -0.0167 e. The van der Waals surface area contributed by atoms with Crippen LogP contribution in [0.25, 0.3) is 0 Å². The van der Waals surface area contributed by atoms with E-state index in [0.717, 1.165) is 11.8 Å². The molecule has 1 nitrogen and oxygen atoms in total. The SMILES string of the molecule is CCCCC(C)C(C)C.CNC. The van der Waals surface area contributed by atoms with Crippen LogP contribution in [0.3, 0.4) is 0 Å². The first kappa shape index (κ1) is 14.5. The first-order valence-corrected chi connectivity index (χ1v) is 5.18. The third-order valence-corrected chi connectivity index (χ3v) is 2.15. The molecule has 0 heterocycles. The van der Waals surface area contributed by atoms with Crippen molar-refractivity contribution in [1.82, 2.24) is 5.32 Å². The van der Waals surface area contributed by atoms with Gasteiger partial charge in [-0.3, -0.25) is 0 Å². The average Bonchev–Trinajstić information content (AvgIpc) is 2.01. The first-order valence-electron chi connectivity index (χ1n) is 5.18. The molecule has 0 saturated carbocycles. The maximum absolute atomic E-state index is 2.75. The lowest BCUT2D eigenvalue weighted by molar-refractivity contribution is 0.381. The summed E-state index contributed by atoms with van der Waals surface area (Å²) < 4.78 is 0. The summed E-state index contributed by atoms with van der Waals surface area (Å²) >= 11 is 0. The highest BCUT2D eigenvalue weighted by atomic mass is 14.7. The Morgan fingerprint density at radius 3 is 1.75 bits per heavy atom. The molecule has 0 fully saturated rings. The van der Waals surface area contributed by atoms with Crippen molar-refractivity contribution in [2.75, 3.05) is 14.1 Å². The molecule has 0 saturated heterocycles. The van der Waals surface area contributed by atoms with Crippen molar-refractivity contribution in [2.24, 2.45) is 11.8 Å². The molecule has 1 N–H and O–H groups in total. The minimum atomic E-state index is 0.872. The van der Waals surface area contributed by atoms with Crippen LogP contribution in [0.5, 0.6) is 0 Å². The molecule has 0 aliphatic rings. The van der Waals surface area contributed by atoms with Gasteiger partial charge in [0.2, 0.25) is 0 Å². The van der Waals surface area contributed by atoms with Gasteiger partial charge >= 0.3 is 0 Å². The highest BCUT2D eigenvalue weighted by Gasteiger charge is 2.04. The van der Waals surface area contributed by atoms with Crippen molar-refractivity contribution in [3.8, 4) is 0 Å². The fourth-order valence-corrected chi connectivity index (χ4v) is 0.859. The Morgan fingerprint density at radius 2 is 1.50 bits per heavy atom. The van der Waals surface area contributed by atoms with Gasteiger partial charge in [0, 0.05) is 0 Å². The van der Waals surface area contributed by atoms with Gasteiger partial charge in [0.15, 0.2) is 0 Å².